The Bertz CT molecular complexity index is 653. The van der Waals surface area contributed by atoms with Crippen LogP contribution in [0.1, 0.15) is 12.8 Å². The van der Waals surface area contributed by atoms with Crippen LogP contribution in [0.2, 0.25) is 0 Å². The summed E-state index contributed by atoms with van der Waals surface area (Å²) in [6, 6.07) is 4.70. The molecule has 0 saturated carbocycles. The molecule has 8 nitrogen and oxygen atoms in total. The van der Waals surface area contributed by atoms with E-state index in [0.29, 0.717) is 13.1 Å². The zero-order valence-corrected chi connectivity index (χ0v) is 12.0. The summed E-state index contributed by atoms with van der Waals surface area (Å²) in [5.41, 5.74) is -0.316. The van der Waals surface area contributed by atoms with Crippen LogP contribution in [0.3, 0.4) is 0 Å². The molecule has 1 aromatic carbocycles. The third-order valence-electron chi connectivity index (χ3n) is 3.21. The van der Waals surface area contributed by atoms with Crippen molar-refractivity contribution in [2.45, 2.75) is 17.7 Å². The van der Waals surface area contributed by atoms with Gasteiger partial charge in [-0.25, -0.2) is 13.1 Å². The predicted molar refractivity (Wildman–Crippen MR) is 74.1 cm³/mol. The molecule has 114 valence electrons. The van der Waals surface area contributed by atoms with Crippen LogP contribution in [0.5, 0.6) is 0 Å². The molecule has 21 heavy (non-hydrogen) atoms. The van der Waals surface area contributed by atoms with Crippen LogP contribution in [-0.4, -0.2) is 43.8 Å². The summed E-state index contributed by atoms with van der Waals surface area (Å²) >= 11 is 0. The zero-order chi connectivity index (χ0) is 15.5. The van der Waals surface area contributed by atoms with Crippen molar-refractivity contribution in [2.24, 2.45) is 0 Å². The summed E-state index contributed by atoms with van der Waals surface area (Å²) in [4.78, 5) is 23.1. The van der Waals surface area contributed by atoms with Crippen molar-refractivity contribution in [3.8, 4) is 0 Å². The standard InChI is InChI=1S/C12H15N3O5S/c16-12(14-6-1-2-7-14)9-13-21(19,20)11-5-3-4-10(8-11)15(17)18/h3-5,8,13H,1-2,6-7,9H2. The average Bonchev–Trinajstić information content (AvgIpc) is 2.99. The number of nitro benzene ring substituents is 1. The molecule has 1 aliphatic rings. The first-order valence-electron chi connectivity index (χ1n) is 6.42. The summed E-state index contributed by atoms with van der Waals surface area (Å²) in [6.07, 6.45) is 1.84. The van der Waals surface area contributed by atoms with Gasteiger partial charge in [0, 0.05) is 25.2 Å². The zero-order valence-electron chi connectivity index (χ0n) is 11.2. The average molecular weight is 313 g/mol. The third-order valence-corrected chi connectivity index (χ3v) is 4.61. The van der Waals surface area contributed by atoms with Crippen molar-refractivity contribution in [2.75, 3.05) is 19.6 Å². The van der Waals surface area contributed by atoms with Crippen molar-refractivity contribution >= 4 is 21.6 Å². The normalized spacial score (nSPS) is 15.1. The number of amides is 1. The Morgan fingerprint density at radius 3 is 2.62 bits per heavy atom. The second kappa shape index (κ2) is 6.19. The molecule has 0 spiro atoms. The van der Waals surface area contributed by atoms with Crippen molar-refractivity contribution in [3.05, 3.63) is 34.4 Å². The largest absolute Gasteiger partial charge is 0.342 e. The van der Waals surface area contributed by atoms with Gasteiger partial charge in [-0.15, -0.1) is 0 Å². The quantitative estimate of drug-likeness (QED) is 0.628. The number of hydrogen-bond donors (Lipinski definition) is 1. The van der Waals surface area contributed by atoms with Crippen LogP contribution in [0.15, 0.2) is 29.2 Å². The van der Waals surface area contributed by atoms with Crippen molar-refractivity contribution in [3.63, 3.8) is 0 Å². The number of non-ortho nitro benzene ring substituents is 1. The molecule has 1 fully saturated rings. The van der Waals surface area contributed by atoms with E-state index >= 15 is 0 Å². The number of nitrogens with zero attached hydrogens (tertiary/aromatic N) is 2. The fraction of sp³-hybridized carbons (Fsp3) is 0.417. The molecular formula is C12H15N3O5S. The SMILES string of the molecule is O=C(CNS(=O)(=O)c1cccc([N+](=O)[O-])c1)N1CCCC1. The van der Waals surface area contributed by atoms with E-state index in [2.05, 4.69) is 4.72 Å². The summed E-state index contributed by atoms with van der Waals surface area (Å²) in [6.45, 7) is 0.930. The van der Waals surface area contributed by atoms with Gasteiger partial charge in [0.25, 0.3) is 5.69 Å². The van der Waals surface area contributed by atoms with Crippen LogP contribution >= 0.6 is 0 Å². The van der Waals surface area contributed by atoms with Gasteiger partial charge in [0.05, 0.1) is 16.4 Å². The fourth-order valence-electron chi connectivity index (χ4n) is 2.08. The van der Waals surface area contributed by atoms with Crippen LogP contribution in [0.25, 0.3) is 0 Å². The number of benzene rings is 1. The van der Waals surface area contributed by atoms with E-state index in [9.17, 15) is 23.3 Å². The van der Waals surface area contributed by atoms with E-state index in [1.807, 2.05) is 0 Å². The number of likely N-dealkylation sites (tertiary alicyclic amines) is 1. The number of rotatable bonds is 5. The van der Waals surface area contributed by atoms with Crippen molar-refractivity contribution < 1.29 is 18.1 Å². The van der Waals surface area contributed by atoms with Crippen LogP contribution in [0, 0.1) is 10.1 Å². The molecule has 0 atom stereocenters. The monoisotopic (exact) mass is 313 g/mol. The number of carbonyl (C=O) groups excluding carboxylic acids is 1. The molecule has 1 N–H and O–H groups in total. The summed E-state index contributed by atoms with van der Waals surface area (Å²) in [5, 5.41) is 10.6. The summed E-state index contributed by atoms with van der Waals surface area (Å²) in [7, 11) is -3.94. The fourth-order valence-corrected chi connectivity index (χ4v) is 3.10. The molecule has 0 bridgehead atoms. The number of carbonyl (C=O) groups is 1. The van der Waals surface area contributed by atoms with E-state index in [1.165, 1.54) is 18.2 Å². The van der Waals surface area contributed by atoms with Crippen LogP contribution in [0.4, 0.5) is 5.69 Å². The molecule has 2 rings (SSSR count). The van der Waals surface area contributed by atoms with E-state index in [1.54, 1.807) is 4.90 Å². The third kappa shape index (κ3) is 3.76. The van der Waals surface area contributed by atoms with E-state index < -0.39 is 14.9 Å². The van der Waals surface area contributed by atoms with Crippen LogP contribution < -0.4 is 4.72 Å². The van der Waals surface area contributed by atoms with Gasteiger partial charge in [-0.1, -0.05) is 6.07 Å². The Labute approximate surface area is 122 Å². The number of hydrogen-bond acceptors (Lipinski definition) is 5. The molecule has 1 saturated heterocycles. The molecule has 0 unspecified atom stereocenters. The van der Waals surface area contributed by atoms with Crippen molar-refractivity contribution in [1.29, 1.82) is 0 Å². The maximum absolute atomic E-state index is 12.0. The number of nitro groups is 1. The van der Waals surface area contributed by atoms with Gasteiger partial charge < -0.3 is 4.90 Å². The highest BCUT2D eigenvalue weighted by Crippen LogP contribution is 2.17. The Kier molecular flexibility index (Phi) is 4.53. The minimum Gasteiger partial charge on any atom is -0.342 e. The summed E-state index contributed by atoms with van der Waals surface area (Å²) in [5.74, 6) is -0.290. The van der Waals surface area contributed by atoms with Gasteiger partial charge in [0.15, 0.2) is 0 Å². The Morgan fingerprint density at radius 2 is 2.00 bits per heavy atom. The lowest BCUT2D eigenvalue weighted by atomic mass is 10.3. The number of sulfonamides is 1. The second-order valence-electron chi connectivity index (χ2n) is 4.67. The molecule has 0 aromatic heterocycles. The minimum atomic E-state index is -3.94. The van der Waals surface area contributed by atoms with Crippen LogP contribution in [-0.2, 0) is 14.8 Å². The lowest BCUT2D eigenvalue weighted by Gasteiger charge is -2.15. The smallest absolute Gasteiger partial charge is 0.270 e. The lowest BCUT2D eigenvalue weighted by Crippen LogP contribution is -2.38. The van der Waals surface area contributed by atoms with Gasteiger partial charge in [0.1, 0.15) is 0 Å². The molecule has 9 heteroatoms. The lowest BCUT2D eigenvalue weighted by molar-refractivity contribution is -0.385. The van der Waals surface area contributed by atoms with Gasteiger partial charge in [0.2, 0.25) is 15.9 Å². The second-order valence-corrected chi connectivity index (χ2v) is 6.43. The molecule has 1 amide bonds. The van der Waals surface area contributed by atoms with Gasteiger partial charge in [-0.2, -0.15) is 0 Å². The summed E-state index contributed by atoms with van der Waals surface area (Å²) < 4.78 is 26.2. The Balaban J connectivity index is 2.06. The maximum Gasteiger partial charge on any atom is 0.270 e. The first-order chi connectivity index (χ1) is 9.90. The highest BCUT2D eigenvalue weighted by molar-refractivity contribution is 7.89. The molecule has 1 aromatic rings. The Hall–Kier alpha value is -2.00. The van der Waals surface area contributed by atoms with Gasteiger partial charge in [-0.3, -0.25) is 14.9 Å². The van der Waals surface area contributed by atoms with Gasteiger partial charge in [-0.05, 0) is 18.9 Å². The first-order valence-corrected chi connectivity index (χ1v) is 7.90. The highest BCUT2D eigenvalue weighted by atomic mass is 32.2. The van der Waals surface area contributed by atoms with Gasteiger partial charge >= 0.3 is 0 Å². The van der Waals surface area contributed by atoms with E-state index in [-0.39, 0.29) is 23.0 Å². The topological polar surface area (TPSA) is 110 Å². The number of nitrogens with one attached hydrogen (secondary N) is 1. The molecule has 0 aliphatic carbocycles. The maximum atomic E-state index is 12.0. The van der Waals surface area contributed by atoms with E-state index in [4.69, 9.17) is 0 Å². The highest BCUT2D eigenvalue weighted by Gasteiger charge is 2.22. The first kappa shape index (κ1) is 15.4. The van der Waals surface area contributed by atoms with Crippen molar-refractivity contribution in [1.82, 2.24) is 9.62 Å². The van der Waals surface area contributed by atoms with E-state index in [0.717, 1.165) is 18.9 Å². The Morgan fingerprint density at radius 1 is 1.33 bits per heavy atom. The predicted octanol–water partition coefficient (Wildman–Crippen LogP) is 0.495. The molecule has 1 heterocycles. The molecule has 0 radical (unpaired) electrons. The molecular weight excluding hydrogens is 298 g/mol. The minimum absolute atomic E-state index is 0.231. The molecule has 1 aliphatic heterocycles.